The maximum Gasteiger partial charge on any atom is 0.270 e. The zero-order valence-corrected chi connectivity index (χ0v) is 9.52. The van der Waals surface area contributed by atoms with Gasteiger partial charge in [0.2, 0.25) is 5.82 Å². The highest BCUT2D eigenvalue weighted by molar-refractivity contribution is 7.18. The van der Waals surface area contributed by atoms with Gasteiger partial charge in [-0.05, 0) is 0 Å². The Morgan fingerprint density at radius 2 is 2.00 bits per heavy atom. The number of hydrogen-bond donors (Lipinski definition) is 1. The summed E-state index contributed by atoms with van der Waals surface area (Å²) in [5, 5.41) is 4.41. The molecular formula is C11H8N4OS. The summed E-state index contributed by atoms with van der Waals surface area (Å²) >= 11 is 1.32. The molecule has 0 unspecified atom stereocenters. The van der Waals surface area contributed by atoms with Gasteiger partial charge < -0.3 is 10.3 Å². The van der Waals surface area contributed by atoms with Crippen molar-refractivity contribution in [3.05, 3.63) is 36.5 Å². The molecule has 3 aromatic rings. The van der Waals surface area contributed by atoms with E-state index in [0.717, 1.165) is 10.4 Å². The van der Waals surface area contributed by atoms with E-state index in [0.29, 0.717) is 16.8 Å². The summed E-state index contributed by atoms with van der Waals surface area (Å²) in [5.41, 5.74) is 6.47. The number of nitrogens with zero attached hydrogens (tertiary/aromatic N) is 3. The second-order valence-electron chi connectivity index (χ2n) is 3.35. The fourth-order valence-corrected chi connectivity index (χ4v) is 2.02. The van der Waals surface area contributed by atoms with Crippen molar-refractivity contribution < 1.29 is 4.52 Å². The minimum absolute atomic E-state index is 0.443. The molecule has 2 aromatic heterocycles. The van der Waals surface area contributed by atoms with Gasteiger partial charge in [0.05, 0.1) is 6.20 Å². The van der Waals surface area contributed by atoms with Gasteiger partial charge in [0.25, 0.3) is 5.89 Å². The maximum absolute atomic E-state index is 5.55. The topological polar surface area (TPSA) is 77.8 Å². The molecule has 0 saturated heterocycles. The highest BCUT2D eigenvalue weighted by Crippen LogP contribution is 2.27. The van der Waals surface area contributed by atoms with Gasteiger partial charge >= 0.3 is 0 Å². The van der Waals surface area contributed by atoms with Crippen LogP contribution in [0.25, 0.3) is 22.2 Å². The Morgan fingerprint density at radius 1 is 1.18 bits per heavy atom. The van der Waals surface area contributed by atoms with E-state index in [1.165, 1.54) is 11.3 Å². The van der Waals surface area contributed by atoms with Crippen LogP contribution in [0, 0.1) is 0 Å². The van der Waals surface area contributed by atoms with Crippen molar-refractivity contribution >= 4 is 16.5 Å². The lowest BCUT2D eigenvalue weighted by Crippen LogP contribution is -1.78. The highest BCUT2D eigenvalue weighted by Gasteiger charge is 2.12. The number of hydrogen-bond acceptors (Lipinski definition) is 6. The van der Waals surface area contributed by atoms with Crippen LogP contribution < -0.4 is 5.73 Å². The van der Waals surface area contributed by atoms with Crippen LogP contribution in [0.4, 0.5) is 5.13 Å². The summed E-state index contributed by atoms with van der Waals surface area (Å²) in [6, 6.07) is 9.64. The Kier molecular flexibility index (Phi) is 2.34. The van der Waals surface area contributed by atoms with E-state index in [1.54, 1.807) is 6.20 Å². The fourth-order valence-electron chi connectivity index (χ4n) is 1.41. The number of anilines is 1. The lowest BCUT2D eigenvalue weighted by molar-refractivity contribution is 0.433. The number of nitrogen functional groups attached to an aromatic ring is 1. The number of nitrogens with two attached hydrogens (primary N) is 1. The molecule has 0 spiro atoms. The molecule has 0 aliphatic heterocycles. The first-order valence-corrected chi connectivity index (χ1v) is 5.75. The zero-order chi connectivity index (χ0) is 11.7. The molecule has 2 N–H and O–H groups in total. The van der Waals surface area contributed by atoms with Crippen LogP contribution in [0.1, 0.15) is 0 Å². The quantitative estimate of drug-likeness (QED) is 0.749. The number of aromatic nitrogens is 3. The van der Waals surface area contributed by atoms with Crippen LogP contribution in [0.3, 0.4) is 0 Å². The molecule has 0 aliphatic carbocycles. The smallest absolute Gasteiger partial charge is 0.270 e. The first-order chi connectivity index (χ1) is 8.33. The van der Waals surface area contributed by atoms with E-state index in [1.807, 2.05) is 30.3 Å². The highest BCUT2D eigenvalue weighted by atomic mass is 32.1. The summed E-state index contributed by atoms with van der Waals surface area (Å²) in [6.45, 7) is 0. The van der Waals surface area contributed by atoms with Gasteiger partial charge in [0.15, 0.2) is 5.13 Å². The third-order valence-corrected chi connectivity index (χ3v) is 3.01. The van der Waals surface area contributed by atoms with Crippen LogP contribution in [0.5, 0.6) is 0 Å². The molecule has 0 atom stereocenters. The largest absolute Gasteiger partial charge is 0.375 e. The number of benzene rings is 1. The summed E-state index contributed by atoms with van der Waals surface area (Å²) in [5.74, 6) is 1.01. The van der Waals surface area contributed by atoms with Gasteiger partial charge in [-0.25, -0.2) is 4.98 Å². The van der Waals surface area contributed by atoms with Crippen LogP contribution >= 0.6 is 11.3 Å². The standard InChI is InChI=1S/C11H8N4OS/c12-11-13-6-8(17-11)10-14-9(15-16-10)7-4-2-1-3-5-7/h1-6H,(H2,12,13). The normalized spacial score (nSPS) is 10.6. The van der Waals surface area contributed by atoms with Crippen molar-refractivity contribution in [2.24, 2.45) is 0 Å². The third kappa shape index (κ3) is 1.90. The molecule has 3 rings (SSSR count). The van der Waals surface area contributed by atoms with Crippen molar-refractivity contribution in [3.63, 3.8) is 0 Å². The maximum atomic E-state index is 5.55. The lowest BCUT2D eigenvalue weighted by Gasteiger charge is -1.90. The van der Waals surface area contributed by atoms with Crippen LogP contribution in [-0.2, 0) is 0 Å². The van der Waals surface area contributed by atoms with E-state index in [9.17, 15) is 0 Å². The predicted molar refractivity (Wildman–Crippen MR) is 65.3 cm³/mol. The van der Waals surface area contributed by atoms with Gasteiger partial charge in [-0.2, -0.15) is 4.98 Å². The Balaban J connectivity index is 1.99. The predicted octanol–water partition coefficient (Wildman–Crippen LogP) is 2.44. The minimum atomic E-state index is 0.443. The summed E-state index contributed by atoms with van der Waals surface area (Å²) < 4.78 is 5.17. The van der Waals surface area contributed by atoms with Crippen molar-refractivity contribution in [2.75, 3.05) is 5.73 Å². The molecular weight excluding hydrogens is 236 g/mol. The Bertz CT molecular complexity index is 632. The SMILES string of the molecule is Nc1ncc(-c2nc(-c3ccccc3)no2)s1. The van der Waals surface area contributed by atoms with Gasteiger partial charge in [0, 0.05) is 5.56 Å². The van der Waals surface area contributed by atoms with Crippen molar-refractivity contribution in [3.8, 4) is 22.2 Å². The van der Waals surface area contributed by atoms with E-state index in [4.69, 9.17) is 10.3 Å². The third-order valence-electron chi connectivity index (χ3n) is 2.19. The van der Waals surface area contributed by atoms with Gasteiger partial charge in [0.1, 0.15) is 4.88 Å². The molecule has 0 aliphatic rings. The lowest BCUT2D eigenvalue weighted by atomic mass is 10.2. The van der Waals surface area contributed by atoms with E-state index in [-0.39, 0.29) is 0 Å². The van der Waals surface area contributed by atoms with E-state index < -0.39 is 0 Å². The Hall–Kier alpha value is -2.21. The van der Waals surface area contributed by atoms with Crippen LogP contribution in [0.2, 0.25) is 0 Å². The number of rotatable bonds is 2. The fraction of sp³-hybridized carbons (Fsp3) is 0. The second-order valence-corrected chi connectivity index (χ2v) is 4.41. The van der Waals surface area contributed by atoms with Crippen LogP contribution in [-0.4, -0.2) is 15.1 Å². The minimum Gasteiger partial charge on any atom is -0.375 e. The number of thiazole rings is 1. The van der Waals surface area contributed by atoms with E-state index >= 15 is 0 Å². The van der Waals surface area contributed by atoms with Crippen LogP contribution in [0.15, 0.2) is 41.1 Å². The first kappa shape index (κ1) is 9.98. The molecule has 6 heteroatoms. The molecule has 0 saturated carbocycles. The molecule has 0 amide bonds. The molecule has 0 radical (unpaired) electrons. The van der Waals surface area contributed by atoms with Crippen molar-refractivity contribution in [1.29, 1.82) is 0 Å². The molecule has 1 aromatic carbocycles. The average Bonchev–Trinajstić information content (AvgIpc) is 2.98. The second kappa shape index (κ2) is 3.99. The summed E-state index contributed by atoms with van der Waals surface area (Å²) in [6.07, 6.45) is 1.63. The summed E-state index contributed by atoms with van der Waals surface area (Å²) in [4.78, 5) is 9.02. The monoisotopic (exact) mass is 244 g/mol. The average molecular weight is 244 g/mol. The van der Waals surface area contributed by atoms with Gasteiger partial charge in [-0.3, -0.25) is 0 Å². The van der Waals surface area contributed by atoms with Gasteiger partial charge in [-0.15, -0.1) is 0 Å². The molecule has 2 heterocycles. The zero-order valence-electron chi connectivity index (χ0n) is 8.70. The Labute approximate surface area is 101 Å². The van der Waals surface area contributed by atoms with E-state index in [2.05, 4.69) is 15.1 Å². The molecule has 0 fully saturated rings. The van der Waals surface area contributed by atoms with Crippen molar-refractivity contribution in [2.45, 2.75) is 0 Å². The molecule has 5 nitrogen and oxygen atoms in total. The first-order valence-electron chi connectivity index (χ1n) is 4.94. The molecule has 0 bridgehead atoms. The van der Waals surface area contributed by atoms with Gasteiger partial charge in [-0.1, -0.05) is 46.8 Å². The van der Waals surface area contributed by atoms with Crippen molar-refractivity contribution in [1.82, 2.24) is 15.1 Å². The molecule has 17 heavy (non-hydrogen) atoms. The molecule has 84 valence electrons. The summed E-state index contributed by atoms with van der Waals surface area (Å²) in [7, 11) is 0. The Morgan fingerprint density at radius 3 is 2.71 bits per heavy atom.